The average molecular weight is 1050 g/mol. The lowest BCUT2D eigenvalue weighted by atomic mass is 9.31. The van der Waals surface area contributed by atoms with Crippen LogP contribution >= 0.6 is 0 Å². The molecule has 0 fully saturated rings. The smallest absolute Gasteiger partial charge is 0.256 e. The molecule has 2 aromatic heterocycles. The number of aromatic nitrogens is 2. The van der Waals surface area contributed by atoms with E-state index >= 15 is 0 Å². The van der Waals surface area contributed by atoms with Gasteiger partial charge >= 0.3 is 0 Å². The van der Waals surface area contributed by atoms with E-state index < -0.39 is 0 Å². The Morgan fingerprint density at radius 2 is 0.646 bits per heavy atom. The number of benzene rings is 11. The Bertz CT molecular complexity index is 4460. The molecule has 6 nitrogen and oxygen atoms in total. The van der Waals surface area contributed by atoms with Gasteiger partial charge in [0.15, 0.2) is 0 Å². The highest BCUT2D eigenvalue weighted by molar-refractivity contribution is 7.02. The van der Waals surface area contributed by atoms with E-state index in [1.54, 1.807) is 0 Å². The molecular formula is C74H56B2N4O2. The van der Waals surface area contributed by atoms with Gasteiger partial charge in [-0.25, -0.2) is 0 Å². The summed E-state index contributed by atoms with van der Waals surface area (Å²) in [5.41, 5.74) is 22.8. The van der Waals surface area contributed by atoms with Gasteiger partial charge in [-0.2, -0.15) is 0 Å². The maximum absolute atomic E-state index is 7.43. The molecule has 17 rings (SSSR count). The quantitative estimate of drug-likeness (QED) is 0.165. The van der Waals surface area contributed by atoms with Gasteiger partial charge in [-0.05, 0) is 152 Å². The monoisotopic (exact) mass is 1050 g/mol. The molecule has 390 valence electrons. The summed E-state index contributed by atoms with van der Waals surface area (Å²) < 4.78 is 19.7. The Morgan fingerprint density at radius 3 is 1.01 bits per heavy atom. The summed E-state index contributed by atoms with van der Waals surface area (Å²) in [6, 6.07) is 85.5. The van der Waals surface area contributed by atoms with Crippen molar-refractivity contribution < 1.29 is 9.47 Å². The average Bonchev–Trinajstić information content (AvgIpc) is 1.40. The van der Waals surface area contributed by atoms with Crippen LogP contribution in [0.4, 0.5) is 34.1 Å². The molecule has 82 heavy (non-hydrogen) atoms. The van der Waals surface area contributed by atoms with Crippen LogP contribution in [0, 0.1) is 0 Å². The van der Waals surface area contributed by atoms with Gasteiger partial charge in [0, 0.05) is 73.1 Å². The van der Waals surface area contributed by atoms with E-state index in [1.165, 1.54) is 76.6 Å². The number of hydrogen-bond acceptors (Lipinski definition) is 4. The largest absolute Gasteiger partial charge is 0.458 e. The van der Waals surface area contributed by atoms with Crippen LogP contribution in [0.15, 0.2) is 231 Å². The molecule has 0 saturated carbocycles. The first kappa shape index (κ1) is 47.2. The van der Waals surface area contributed by atoms with E-state index in [-0.39, 0.29) is 24.3 Å². The molecule has 0 bridgehead atoms. The number of nitrogens with zero attached hydrogens (tertiary/aromatic N) is 4. The third kappa shape index (κ3) is 6.72. The molecule has 0 N–H and O–H groups in total. The van der Waals surface area contributed by atoms with Gasteiger partial charge in [0.05, 0.1) is 22.1 Å². The van der Waals surface area contributed by atoms with Gasteiger partial charge < -0.3 is 28.4 Å². The van der Waals surface area contributed by atoms with Gasteiger partial charge in [-0.1, -0.05) is 169 Å². The van der Waals surface area contributed by atoms with E-state index in [0.717, 1.165) is 79.4 Å². The van der Waals surface area contributed by atoms with Crippen LogP contribution in [0.2, 0.25) is 0 Å². The fourth-order valence-corrected chi connectivity index (χ4v) is 14.2. The minimum absolute atomic E-state index is 0.166. The number of hydrogen-bond donors (Lipinski definition) is 0. The molecule has 11 aromatic carbocycles. The van der Waals surface area contributed by atoms with E-state index in [0.29, 0.717) is 0 Å². The molecule has 4 aliphatic heterocycles. The van der Waals surface area contributed by atoms with E-state index in [4.69, 9.17) is 9.47 Å². The summed E-state index contributed by atoms with van der Waals surface area (Å²) in [4.78, 5) is 4.99. The van der Waals surface area contributed by atoms with E-state index in [2.05, 4.69) is 291 Å². The van der Waals surface area contributed by atoms with Crippen LogP contribution in [-0.2, 0) is 10.8 Å². The van der Waals surface area contributed by atoms with Crippen molar-refractivity contribution in [2.24, 2.45) is 0 Å². The molecule has 0 unspecified atom stereocenters. The second kappa shape index (κ2) is 16.9. The second-order valence-corrected chi connectivity index (χ2v) is 24.9. The van der Waals surface area contributed by atoms with Crippen LogP contribution in [0.5, 0.6) is 23.0 Å². The Kier molecular flexibility index (Phi) is 9.75. The minimum Gasteiger partial charge on any atom is -0.458 e. The van der Waals surface area contributed by atoms with Crippen LogP contribution in [0.25, 0.3) is 55.0 Å². The lowest BCUT2D eigenvalue weighted by Gasteiger charge is -2.43. The van der Waals surface area contributed by atoms with Gasteiger partial charge in [-0.3, -0.25) is 0 Å². The molecule has 13 aromatic rings. The number of fused-ring (bicyclic) bond motifs is 14. The molecule has 0 aliphatic carbocycles. The van der Waals surface area contributed by atoms with Gasteiger partial charge in [-0.15, -0.1) is 0 Å². The number of rotatable bonds is 4. The lowest BCUT2D eigenvalue weighted by molar-refractivity contribution is 0.462. The molecule has 0 spiro atoms. The van der Waals surface area contributed by atoms with Crippen molar-refractivity contribution in [3.8, 4) is 34.4 Å². The van der Waals surface area contributed by atoms with Crippen molar-refractivity contribution in [3.05, 3.63) is 242 Å². The zero-order chi connectivity index (χ0) is 54.9. The van der Waals surface area contributed by atoms with Crippen LogP contribution in [-0.4, -0.2) is 22.6 Å². The fourth-order valence-electron chi connectivity index (χ4n) is 14.2. The van der Waals surface area contributed by atoms with E-state index in [9.17, 15) is 0 Å². The number of ether oxygens (including phenoxy) is 2. The zero-order valence-electron chi connectivity index (χ0n) is 46.7. The standard InChI is InChI=1S/C74H56B2N4O2/c1-73(2,3)45-37-65-71-69(39-45)81-67-44-68-58(43-57(67)75(71)55-35-33-49(41-63(55)77(65)47-21-9-7-10-22-47)79-59-29-17-13-25-51(59)52-26-14-18-30-60(52)79)76-56-36-34-50(80-61-31-19-15-27-53(61)54-28-16-20-32-62(54)80)42-64(56)78(48-23-11-8-12-24-48)66-38-46(74(4,5)6)40-70(82-68)72(66)76/h7-44H,1-6H3. The van der Waals surface area contributed by atoms with Crippen molar-refractivity contribution in [2.75, 3.05) is 9.80 Å². The second-order valence-electron chi connectivity index (χ2n) is 24.9. The van der Waals surface area contributed by atoms with Crippen molar-refractivity contribution in [2.45, 2.75) is 52.4 Å². The summed E-state index contributed by atoms with van der Waals surface area (Å²) in [6.45, 7) is 13.5. The Morgan fingerprint density at radius 1 is 0.293 bits per heavy atom. The van der Waals surface area contributed by atoms with Crippen LogP contribution in [0.3, 0.4) is 0 Å². The predicted octanol–water partition coefficient (Wildman–Crippen LogP) is 15.3. The first-order chi connectivity index (χ1) is 39.9. The highest BCUT2D eigenvalue weighted by Crippen LogP contribution is 2.48. The first-order valence-corrected chi connectivity index (χ1v) is 28.8. The Balaban J connectivity index is 0.926. The first-order valence-electron chi connectivity index (χ1n) is 28.8. The fraction of sp³-hybridized carbons (Fsp3) is 0.108. The van der Waals surface area contributed by atoms with Crippen molar-refractivity contribution in [1.82, 2.24) is 9.13 Å². The summed E-state index contributed by atoms with van der Waals surface area (Å²) in [6.07, 6.45) is 0. The summed E-state index contributed by atoms with van der Waals surface area (Å²) in [5.74, 6) is 3.40. The van der Waals surface area contributed by atoms with Crippen molar-refractivity contribution in [1.29, 1.82) is 0 Å². The van der Waals surface area contributed by atoms with Crippen molar-refractivity contribution in [3.63, 3.8) is 0 Å². The molecule has 8 heteroatoms. The Labute approximate surface area is 478 Å². The van der Waals surface area contributed by atoms with Gasteiger partial charge in [0.1, 0.15) is 23.0 Å². The van der Waals surface area contributed by atoms with Crippen molar-refractivity contribution >= 4 is 124 Å². The minimum atomic E-state index is -0.174. The SMILES string of the molecule is CC(C)(C)c1cc2c3c(c1)N(c1ccccc1)c1cc(-n4c5ccccc5c5ccccc54)ccc1B3c1cc3c(cc1O2)Oc1cc(C(C)(C)C)cc2c1B3c1ccc(-n3c4ccccc4c4ccccc43)cc1N2c1ccccc1. The predicted molar refractivity (Wildman–Crippen MR) is 344 cm³/mol. The summed E-state index contributed by atoms with van der Waals surface area (Å²) in [5, 5.41) is 4.96. The molecule has 4 aliphatic rings. The number of para-hydroxylation sites is 6. The highest BCUT2D eigenvalue weighted by atomic mass is 16.5. The van der Waals surface area contributed by atoms with E-state index in [1.807, 2.05) is 0 Å². The lowest BCUT2D eigenvalue weighted by Crippen LogP contribution is -2.63. The molecule has 0 atom stereocenters. The Hall–Kier alpha value is -9.65. The summed E-state index contributed by atoms with van der Waals surface area (Å²) >= 11 is 0. The molecule has 6 heterocycles. The third-order valence-electron chi connectivity index (χ3n) is 18.1. The highest BCUT2D eigenvalue weighted by Gasteiger charge is 2.48. The van der Waals surface area contributed by atoms with Gasteiger partial charge in [0.25, 0.3) is 13.4 Å². The normalized spacial score (nSPS) is 13.8. The molecule has 0 radical (unpaired) electrons. The molecule has 0 saturated heterocycles. The third-order valence-corrected chi connectivity index (χ3v) is 18.1. The van der Waals surface area contributed by atoms with Crippen LogP contribution in [0.1, 0.15) is 52.7 Å². The topological polar surface area (TPSA) is 34.8 Å². The maximum atomic E-state index is 7.43. The zero-order valence-corrected chi connectivity index (χ0v) is 46.7. The molecular weight excluding hydrogens is 998 g/mol. The number of anilines is 6. The molecule has 0 amide bonds. The van der Waals surface area contributed by atoms with Gasteiger partial charge in [0.2, 0.25) is 0 Å². The maximum Gasteiger partial charge on any atom is 0.256 e. The summed E-state index contributed by atoms with van der Waals surface area (Å²) in [7, 11) is 0. The van der Waals surface area contributed by atoms with Crippen LogP contribution < -0.4 is 52.1 Å².